The van der Waals surface area contributed by atoms with Crippen molar-refractivity contribution in [2.75, 3.05) is 24.6 Å². The average molecular weight is 389 g/mol. The summed E-state index contributed by atoms with van der Waals surface area (Å²) >= 11 is 1.73. The van der Waals surface area contributed by atoms with Crippen molar-refractivity contribution in [3.05, 3.63) is 16.8 Å². The molecule has 2 atom stereocenters. The normalized spacial score (nSPS) is 22.3. The second-order valence-electron chi connectivity index (χ2n) is 7.77. The first-order chi connectivity index (χ1) is 13.0. The van der Waals surface area contributed by atoms with Crippen LogP contribution in [-0.4, -0.2) is 47.7 Å². The van der Waals surface area contributed by atoms with Gasteiger partial charge >= 0.3 is 0 Å². The number of nitrogens with zero attached hydrogens (tertiary/aromatic N) is 3. The minimum absolute atomic E-state index is 0.0766. The number of piperidine rings is 1. The zero-order chi connectivity index (χ0) is 19.0. The molecule has 6 nitrogen and oxygen atoms in total. The Labute approximate surface area is 164 Å². The second-order valence-corrected chi connectivity index (χ2v) is 8.97. The molecule has 0 aromatic carbocycles. The Morgan fingerprint density at radius 1 is 1.30 bits per heavy atom. The average Bonchev–Trinajstić information content (AvgIpc) is 3.31. The summed E-state index contributed by atoms with van der Waals surface area (Å²) in [7, 11) is 0. The molecule has 0 spiro atoms. The van der Waals surface area contributed by atoms with Crippen LogP contribution in [-0.2, 0) is 9.53 Å². The number of rotatable bonds is 4. The van der Waals surface area contributed by atoms with Gasteiger partial charge in [-0.2, -0.15) is 0 Å². The van der Waals surface area contributed by atoms with E-state index in [0.29, 0.717) is 0 Å². The van der Waals surface area contributed by atoms with E-state index in [1.165, 1.54) is 15.8 Å². The molecule has 146 valence electrons. The highest BCUT2D eigenvalue weighted by atomic mass is 32.1. The number of nitrogens with one attached hydrogen (secondary N) is 1. The number of carbonyl (C=O) groups is 1. The van der Waals surface area contributed by atoms with Crippen LogP contribution >= 0.6 is 11.3 Å². The van der Waals surface area contributed by atoms with Crippen LogP contribution in [0.4, 0.5) is 5.82 Å². The fraction of sp³-hybridized carbons (Fsp3) is 0.650. The van der Waals surface area contributed by atoms with Crippen LogP contribution in [0, 0.1) is 19.8 Å². The Morgan fingerprint density at radius 2 is 2.07 bits per heavy atom. The van der Waals surface area contributed by atoms with Crippen molar-refractivity contribution in [3.8, 4) is 0 Å². The molecule has 7 heteroatoms. The van der Waals surface area contributed by atoms with Gasteiger partial charge in [-0.15, -0.1) is 11.3 Å². The Hall–Kier alpha value is -1.73. The fourth-order valence-electron chi connectivity index (χ4n) is 4.19. The standard InChI is InChI=1S/C20H28N4O2S/c1-12-14(3)27-20-17(12)18(21-11-22-20)24-8-6-15(7-9-24)19(25)23-13(2)16-5-4-10-26-16/h11,13,15-16H,4-10H2,1-3H3,(H,23,25). The van der Waals surface area contributed by atoms with Crippen LogP contribution in [0.25, 0.3) is 10.2 Å². The first-order valence-corrected chi connectivity index (χ1v) is 10.7. The maximum absolute atomic E-state index is 12.7. The highest BCUT2D eigenvalue weighted by molar-refractivity contribution is 7.18. The molecule has 2 saturated heterocycles. The molecule has 1 amide bonds. The summed E-state index contributed by atoms with van der Waals surface area (Å²) in [6.45, 7) is 8.87. The smallest absolute Gasteiger partial charge is 0.223 e. The summed E-state index contributed by atoms with van der Waals surface area (Å²) < 4.78 is 5.70. The van der Waals surface area contributed by atoms with Crippen LogP contribution in [0.2, 0.25) is 0 Å². The lowest BCUT2D eigenvalue weighted by Crippen LogP contribution is -2.46. The molecule has 0 bridgehead atoms. The number of hydrogen-bond acceptors (Lipinski definition) is 6. The summed E-state index contributed by atoms with van der Waals surface area (Å²) in [4.78, 5) is 26.4. The van der Waals surface area contributed by atoms with Crippen LogP contribution in [0.3, 0.4) is 0 Å². The molecule has 0 radical (unpaired) electrons. The van der Waals surface area contributed by atoms with Gasteiger partial charge in [0.1, 0.15) is 17.0 Å². The van der Waals surface area contributed by atoms with Gasteiger partial charge in [-0.3, -0.25) is 4.79 Å². The number of fused-ring (bicyclic) bond motifs is 1. The SMILES string of the molecule is Cc1sc2ncnc(N3CCC(C(=O)NC(C)C4CCCO4)CC3)c2c1C. The maximum atomic E-state index is 12.7. The van der Waals surface area contributed by atoms with Gasteiger partial charge in [0.05, 0.1) is 17.5 Å². The minimum Gasteiger partial charge on any atom is -0.376 e. The highest BCUT2D eigenvalue weighted by Crippen LogP contribution is 2.35. The number of aryl methyl sites for hydroxylation is 2. The van der Waals surface area contributed by atoms with E-state index in [1.54, 1.807) is 17.7 Å². The van der Waals surface area contributed by atoms with E-state index in [0.717, 1.165) is 56.0 Å². The van der Waals surface area contributed by atoms with E-state index in [2.05, 4.69) is 41.0 Å². The summed E-state index contributed by atoms with van der Waals surface area (Å²) in [5, 5.41) is 4.36. The highest BCUT2D eigenvalue weighted by Gasteiger charge is 2.30. The van der Waals surface area contributed by atoms with Crippen molar-refractivity contribution < 1.29 is 9.53 Å². The number of hydrogen-bond donors (Lipinski definition) is 1. The third kappa shape index (κ3) is 3.67. The van der Waals surface area contributed by atoms with E-state index >= 15 is 0 Å². The molecule has 0 saturated carbocycles. The molecule has 2 unspecified atom stereocenters. The van der Waals surface area contributed by atoms with Gasteiger partial charge in [-0.25, -0.2) is 9.97 Å². The van der Waals surface area contributed by atoms with E-state index in [9.17, 15) is 4.79 Å². The lowest BCUT2D eigenvalue weighted by molar-refractivity contribution is -0.127. The molecular weight excluding hydrogens is 360 g/mol. The molecule has 2 fully saturated rings. The van der Waals surface area contributed by atoms with E-state index < -0.39 is 0 Å². The van der Waals surface area contributed by atoms with Crippen LogP contribution in [0.1, 0.15) is 43.0 Å². The molecule has 1 N–H and O–H groups in total. The molecule has 2 aromatic heterocycles. The van der Waals surface area contributed by atoms with Gasteiger partial charge in [0, 0.05) is 30.5 Å². The number of amides is 1. The molecule has 2 aliphatic heterocycles. The van der Waals surface area contributed by atoms with Crippen LogP contribution in [0.15, 0.2) is 6.33 Å². The first-order valence-electron chi connectivity index (χ1n) is 9.92. The molecule has 4 rings (SSSR count). The third-order valence-corrected chi connectivity index (χ3v) is 7.12. The molecule has 0 aliphatic carbocycles. The van der Waals surface area contributed by atoms with Gasteiger partial charge < -0.3 is 15.0 Å². The largest absolute Gasteiger partial charge is 0.376 e. The Kier molecular flexibility index (Phi) is 5.32. The fourth-order valence-corrected chi connectivity index (χ4v) is 5.18. The van der Waals surface area contributed by atoms with Crippen molar-refractivity contribution in [2.24, 2.45) is 5.92 Å². The summed E-state index contributed by atoms with van der Waals surface area (Å²) in [5.41, 5.74) is 1.27. The van der Waals surface area contributed by atoms with E-state index in [1.807, 2.05) is 0 Å². The zero-order valence-electron chi connectivity index (χ0n) is 16.3. The monoisotopic (exact) mass is 388 g/mol. The molecule has 2 aromatic rings. The number of aromatic nitrogens is 2. The van der Waals surface area contributed by atoms with Gasteiger partial charge in [0.2, 0.25) is 5.91 Å². The Morgan fingerprint density at radius 3 is 2.78 bits per heavy atom. The topological polar surface area (TPSA) is 67.4 Å². The molecule has 27 heavy (non-hydrogen) atoms. The van der Waals surface area contributed by atoms with Crippen molar-refractivity contribution in [3.63, 3.8) is 0 Å². The van der Waals surface area contributed by atoms with Crippen LogP contribution in [0.5, 0.6) is 0 Å². The summed E-state index contributed by atoms with van der Waals surface area (Å²) in [6, 6.07) is 0.0935. The first kappa shape index (κ1) is 18.6. The zero-order valence-corrected chi connectivity index (χ0v) is 17.1. The number of carbonyl (C=O) groups excluding carboxylic acids is 1. The van der Waals surface area contributed by atoms with Gasteiger partial charge in [0.25, 0.3) is 0 Å². The summed E-state index contributed by atoms with van der Waals surface area (Å²) in [5.74, 6) is 1.27. The predicted molar refractivity (Wildman–Crippen MR) is 108 cm³/mol. The predicted octanol–water partition coefficient (Wildman–Crippen LogP) is 3.21. The van der Waals surface area contributed by atoms with E-state index in [4.69, 9.17) is 4.74 Å². The van der Waals surface area contributed by atoms with Crippen molar-refractivity contribution >= 4 is 33.3 Å². The van der Waals surface area contributed by atoms with Gasteiger partial charge in [-0.1, -0.05) is 0 Å². The Balaban J connectivity index is 1.40. The lowest BCUT2D eigenvalue weighted by Gasteiger charge is -2.33. The van der Waals surface area contributed by atoms with Gasteiger partial charge in [-0.05, 0) is 52.0 Å². The lowest BCUT2D eigenvalue weighted by atomic mass is 9.95. The van der Waals surface area contributed by atoms with Crippen molar-refractivity contribution in [2.45, 2.75) is 58.6 Å². The molecular formula is C20H28N4O2S. The quantitative estimate of drug-likeness (QED) is 0.871. The van der Waals surface area contributed by atoms with Gasteiger partial charge in [0.15, 0.2) is 0 Å². The molecule has 4 heterocycles. The maximum Gasteiger partial charge on any atom is 0.223 e. The second kappa shape index (κ2) is 7.72. The van der Waals surface area contributed by atoms with Crippen molar-refractivity contribution in [1.82, 2.24) is 15.3 Å². The van der Waals surface area contributed by atoms with Crippen LogP contribution < -0.4 is 10.2 Å². The number of thiophene rings is 1. The Bertz CT molecular complexity index is 823. The number of ether oxygens (including phenoxy) is 1. The summed E-state index contributed by atoms with van der Waals surface area (Å²) in [6.07, 6.45) is 5.69. The van der Waals surface area contributed by atoms with E-state index in [-0.39, 0.29) is 24.0 Å². The molecule has 2 aliphatic rings. The third-order valence-electron chi connectivity index (χ3n) is 6.00. The number of anilines is 1. The van der Waals surface area contributed by atoms with Crippen molar-refractivity contribution in [1.29, 1.82) is 0 Å². The minimum atomic E-state index is 0.0766.